The van der Waals surface area contributed by atoms with Gasteiger partial charge in [-0.05, 0) is 6.92 Å². The Balaban J connectivity index is 2.82. The molecule has 0 aromatic heterocycles. The highest BCUT2D eigenvalue weighted by molar-refractivity contribution is 5.86. The van der Waals surface area contributed by atoms with Crippen molar-refractivity contribution in [2.24, 2.45) is 0 Å². The average molecular weight is 260 g/mol. The standard InChI is InChI=1S/C15H16O4/c1-3-4-6-11-13(16)19-14(15(17)18-2)12-9-7-5-8-10-12/h3-11,14H,1-2H3/b4-3+,11-6+/t14-/m0/s1. The monoisotopic (exact) mass is 260 g/mol. The lowest BCUT2D eigenvalue weighted by Gasteiger charge is -2.14. The summed E-state index contributed by atoms with van der Waals surface area (Å²) in [6.45, 7) is 1.83. The molecular formula is C15H16O4. The van der Waals surface area contributed by atoms with Crippen molar-refractivity contribution in [3.05, 3.63) is 60.2 Å². The summed E-state index contributed by atoms with van der Waals surface area (Å²) in [4.78, 5) is 23.2. The van der Waals surface area contributed by atoms with Crippen LogP contribution in [0.15, 0.2) is 54.6 Å². The first-order valence-corrected chi connectivity index (χ1v) is 5.81. The van der Waals surface area contributed by atoms with Crippen LogP contribution < -0.4 is 0 Å². The minimum absolute atomic E-state index is 0.571. The summed E-state index contributed by atoms with van der Waals surface area (Å²) in [6.07, 6.45) is 5.21. The van der Waals surface area contributed by atoms with E-state index in [-0.39, 0.29) is 0 Å². The largest absolute Gasteiger partial charge is 0.466 e. The van der Waals surface area contributed by atoms with E-state index in [0.717, 1.165) is 0 Å². The first-order chi connectivity index (χ1) is 9.19. The lowest BCUT2D eigenvalue weighted by atomic mass is 10.1. The minimum atomic E-state index is -1.05. The molecule has 1 rings (SSSR count). The molecular weight excluding hydrogens is 244 g/mol. The molecule has 0 spiro atoms. The molecule has 0 amide bonds. The van der Waals surface area contributed by atoms with Crippen LogP contribution in [-0.4, -0.2) is 19.0 Å². The number of methoxy groups -OCH3 is 1. The molecule has 0 saturated heterocycles. The van der Waals surface area contributed by atoms with Crippen LogP contribution in [0.25, 0.3) is 0 Å². The number of rotatable bonds is 5. The molecule has 0 unspecified atom stereocenters. The molecule has 0 fully saturated rings. The highest BCUT2D eigenvalue weighted by Crippen LogP contribution is 2.19. The van der Waals surface area contributed by atoms with Crippen LogP contribution in [0.1, 0.15) is 18.6 Å². The Morgan fingerprint density at radius 2 is 1.84 bits per heavy atom. The molecule has 100 valence electrons. The van der Waals surface area contributed by atoms with Crippen molar-refractivity contribution in [1.29, 1.82) is 0 Å². The molecule has 0 aliphatic heterocycles. The number of allylic oxidation sites excluding steroid dienone is 3. The fraction of sp³-hybridized carbons (Fsp3) is 0.200. The van der Waals surface area contributed by atoms with Gasteiger partial charge in [0.1, 0.15) is 0 Å². The lowest BCUT2D eigenvalue weighted by molar-refractivity contribution is -0.163. The number of benzene rings is 1. The van der Waals surface area contributed by atoms with E-state index in [1.54, 1.807) is 42.5 Å². The SMILES string of the molecule is C/C=C/C=C/C(=O)O[C@H](C(=O)OC)c1ccccc1. The molecule has 0 heterocycles. The Bertz CT molecular complexity index is 474. The van der Waals surface area contributed by atoms with Crippen molar-refractivity contribution in [1.82, 2.24) is 0 Å². The maximum atomic E-state index is 11.6. The summed E-state index contributed by atoms with van der Waals surface area (Å²) in [5, 5.41) is 0. The maximum Gasteiger partial charge on any atom is 0.351 e. The minimum Gasteiger partial charge on any atom is -0.466 e. The first-order valence-electron chi connectivity index (χ1n) is 5.81. The van der Waals surface area contributed by atoms with Crippen molar-refractivity contribution in [3.63, 3.8) is 0 Å². The Labute approximate surface area is 112 Å². The van der Waals surface area contributed by atoms with Gasteiger partial charge in [-0.25, -0.2) is 9.59 Å². The zero-order chi connectivity index (χ0) is 14.1. The van der Waals surface area contributed by atoms with E-state index >= 15 is 0 Å². The van der Waals surface area contributed by atoms with Crippen molar-refractivity contribution < 1.29 is 19.1 Å². The average Bonchev–Trinajstić information content (AvgIpc) is 2.45. The van der Waals surface area contributed by atoms with Crippen LogP contribution in [-0.2, 0) is 19.1 Å². The van der Waals surface area contributed by atoms with E-state index in [9.17, 15) is 9.59 Å². The second-order valence-corrected chi connectivity index (χ2v) is 3.64. The van der Waals surface area contributed by atoms with Gasteiger partial charge >= 0.3 is 11.9 Å². The van der Waals surface area contributed by atoms with Crippen molar-refractivity contribution >= 4 is 11.9 Å². The van der Waals surface area contributed by atoms with Gasteiger partial charge in [0.05, 0.1) is 7.11 Å². The van der Waals surface area contributed by atoms with Crippen molar-refractivity contribution in [2.75, 3.05) is 7.11 Å². The Kier molecular flexibility index (Phi) is 6.09. The van der Waals surface area contributed by atoms with Crippen LogP contribution in [0.3, 0.4) is 0 Å². The zero-order valence-electron chi connectivity index (χ0n) is 10.9. The van der Waals surface area contributed by atoms with E-state index in [1.807, 2.05) is 13.0 Å². The van der Waals surface area contributed by atoms with Crippen molar-refractivity contribution in [2.45, 2.75) is 13.0 Å². The third-order valence-corrected chi connectivity index (χ3v) is 2.29. The third kappa shape index (κ3) is 4.79. The summed E-state index contributed by atoms with van der Waals surface area (Å²) >= 11 is 0. The highest BCUT2D eigenvalue weighted by Gasteiger charge is 2.24. The predicted octanol–water partition coefficient (Wildman–Crippen LogP) is 2.58. The fourth-order valence-corrected chi connectivity index (χ4v) is 1.39. The summed E-state index contributed by atoms with van der Waals surface area (Å²) in [6, 6.07) is 8.73. The second-order valence-electron chi connectivity index (χ2n) is 3.64. The predicted molar refractivity (Wildman–Crippen MR) is 71.2 cm³/mol. The maximum absolute atomic E-state index is 11.6. The number of carbonyl (C=O) groups excluding carboxylic acids is 2. The van der Waals surface area contributed by atoms with Crippen LogP contribution in [0.5, 0.6) is 0 Å². The van der Waals surface area contributed by atoms with Gasteiger partial charge in [-0.3, -0.25) is 0 Å². The molecule has 0 radical (unpaired) electrons. The van der Waals surface area contributed by atoms with Crippen LogP contribution in [0, 0.1) is 0 Å². The fourth-order valence-electron chi connectivity index (χ4n) is 1.39. The highest BCUT2D eigenvalue weighted by atomic mass is 16.6. The van der Waals surface area contributed by atoms with Gasteiger partial charge < -0.3 is 9.47 Å². The van der Waals surface area contributed by atoms with Crippen LogP contribution in [0.4, 0.5) is 0 Å². The van der Waals surface area contributed by atoms with Gasteiger partial charge in [-0.2, -0.15) is 0 Å². The molecule has 0 N–H and O–H groups in total. The lowest BCUT2D eigenvalue weighted by Crippen LogP contribution is -2.20. The number of hydrogen-bond donors (Lipinski definition) is 0. The normalized spacial score (nSPS) is 12.5. The van der Waals surface area contributed by atoms with Gasteiger partial charge in [0.25, 0.3) is 0 Å². The first kappa shape index (κ1) is 14.7. The summed E-state index contributed by atoms with van der Waals surface area (Å²) in [5.74, 6) is -1.21. The summed E-state index contributed by atoms with van der Waals surface area (Å²) in [7, 11) is 1.25. The molecule has 1 aromatic carbocycles. The second kappa shape index (κ2) is 7.87. The molecule has 0 aliphatic carbocycles. The zero-order valence-corrected chi connectivity index (χ0v) is 10.9. The molecule has 0 aliphatic rings. The number of ether oxygens (including phenoxy) is 2. The van der Waals surface area contributed by atoms with E-state index < -0.39 is 18.0 Å². The number of carbonyl (C=O) groups is 2. The Morgan fingerprint density at radius 1 is 1.16 bits per heavy atom. The summed E-state index contributed by atoms with van der Waals surface area (Å²) < 4.78 is 9.74. The van der Waals surface area contributed by atoms with E-state index in [4.69, 9.17) is 4.74 Å². The quantitative estimate of drug-likeness (QED) is 0.464. The molecule has 19 heavy (non-hydrogen) atoms. The number of esters is 2. The van der Waals surface area contributed by atoms with Gasteiger partial charge in [-0.15, -0.1) is 0 Å². The summed E-state index contributed by atoms with van der Waals surface area (Å²) in [5.41, 5.74) is 0.571. The van der Waals surface area contributed by atoms with E-state index in [0.29, 0.717) is 5.56 Å². The Morgan fingerprint density at radius 3 is 2.42 bits per heavy atom. The molecule has 0 bridgehead atoms. The van der Waals surface area contributed by atoms with E-state index in [2.05, 4.69) is 4.74 Å². The van der Waals surface area contributed by atoms with E-state index in [1.165, 1.54) is 13.2 Å². The van der Waals surface area contributed by atoms with Gasteiger partial charge in [-0.1, -0.05) is 48.6 Å². The molecule has 1 atom stereocenters. The smallest absolute Gasteiger partial charge is 0.351 e. The molecule has 4 nitrogen and oxygen atoms in total. The Hall–Kier alpha value is -2.36. The van der Waals surface area contributed by atoms with Gasteiger partial charge in [0.2, 0.25) is 6.10 Å². The number of hydrogen-bond acceptors (Lipinski definition) is 4. The topological polar surface area (TPSA) is 52.6 Å². The molecule has 4 heteroatoms. The van der Waals surface area contributed by atoms with Crippen molar-refractivity contribution in [3.8, 4) is 0 Å². The van der Waals surface area contributed by atoms with Crippen LogP contribution >= 0.6 is 0 Å². The van der Waals surface area contributed by atoms with Gasteiger partial charge in [0.15, 0.2) is 0 Å². The van der Waals surface area contributed by atoms with Crippen LogP contribution in [0.2, 0.25) is 0 Å². The third-order valence-electron chi connectivity index (χ3n) is 2.29. The molecule has 1 aromatic rings. The molecule has 0 saturated carbocycles. The van der Waals surface area contributed by atoms with Gasteiger partial charge in [0, 0.05) is 11.6 Å².